The van der Waals surface area contributed by atoms with Gasteiger partial charge in [0.05, 0.1) is 56.7 Å². The first-order chi connectivity index (χ1) is 24.3. The number of aldehydes is 1. The lowest BCUT2D eigenvalue weighted by Gasteiger charge is -2.50. The van der Waals surface area contributed by atoms with Crippen LogP contribution in [0.1, 0.15) is 59.4 Å². The number of aryl methyl sites for hydroxylation is 1. The van der Waals surface area contributed by atoms with E-state index in [1.807, 2.05) is 68.3 Å². The summed E-state index contributed by atoms with van der Waals surface area (Å²) < 4.78 is 3.86. The van der Waals surface area contributed by atoms with Crippen LogP contribution in [0, 0.1) is 12.8 Å². The van der Waals surface area contributed by atoms with Gasteiger partial charge in [0.2, 0.25) is 5.91 Å². The normalized spacial score (nSPS) is 17.3. The van der Waals surface area contributed by atoms with E-state index in [0.29, 0.717) is 48.0 Å². The molecule has 1 saturated carbocycles. The summed E-state index contributed by atoms with van der Waals surface area (Å²) in [6.07, 6.45) is 4.45. The molecule has 4 radical (unpaired) electrons. The van der Waals surface area contributed by atoms with Gasteiger partial charge in [0.25, 0.3) is 0 Å². The predicted molar refractivity (Wildman–Crippen MR) is 200 cm³/mol. The van der Waals surface area contributed by atoms with Crippen LogP contribution in [-0.4, -0.2) is 108 Å². The minimum absolute atomic E-state index is 0.00111. The van der Waals surface area contributed by atoms with E-state index < -0.39 is 5.34 Å². The number of amides is 1. The van der Waals surface area contributed by atoms with Gasteiger partial charge in [-0.25, -0.2) is 9.97 Å². The summed E-state index contributed by atoms with van der Waals surface area (Å²) in [5, 5.41) is 14.8. The molecule has 2 fully saturated rings. The number of nitrogens with zero attached hydrogens (tertiary/aromatic N) is 9. The molecule has 5 aromatic rings. The van der Waals surface area contributed by atoms with Gasteiger partial charge < -0.3 is 25.3 Å². The third-order valence-electron chi connectivity index (χ3n) is 9.53. The quantitative estimate of drug-likeness (QED) is 0.184. The number of nitrogens with one attached hydrogen (secondary N) is 2. The Bertz CT molecular complexity index is 2110. The van der Waals surface area contributed by atoms with Crippen LogP contribution < -0.4 is 15.5 Å². The first-order valence-corrected chi connectivity index (χ1v) is 17.1. The van der Waals surface area contributed by atoms with Gasteiger partial charge in [-0.15, -0.1) is 0 Å². The summed E-state index contributed by atoms with van der Waals surface area (Å²) in [4.78, 5) is 39.0. The summed E-state index contributed by atoms with van der Waals surface area (Å²) >= 11 is 0. The minimum Gasteiger partial charge on any atom is -0.364 e. The Kier molecular flexibility index (Phi) is 8.96. The molecule has 1 unspecified atom stereocenters. The van der Waals surface area contributed by atoms with Gasteiger partial charge in [0.1, 0.15) is 17.3 Å². The number of anilines is 4. The number of hydrogen-bond acceptors (Lipinski definition) is 10. The molecule has 15 heteroatoms. The largest absolute Gasteiger partial charge is 0.364 e. The van der Waals surface area contributed by atoms with Crippen molar-refractivity contribution in [3.8, 4) is 11.1 Å². The molecular weight excluding hydrogens is 640 g/mol. The second-order valence-electron chi connectivity index (χ2n) is 14.1. The summed E-state index contributed by atoms with van der Waals surface area (Å²) in [6, 6.07) is 15.1. The molecule has 1 saturated heterocycles. The maximum atomic E-state index is 12.6. The van der Waals surface area contributed by atoms with Crippen LogP contribution in [0.15, 0.2) is 54.7 Å². The highest BCUT2D eigenvalue weighted by Crippen LogP contribution is 2.49. The van der Waals surface area contributed by atoms with E-state index >= 15 is 0 Å². The molecule has 51 heavy (non-hydrogen) atoms. The number of carbonyl (C=O) groups excluding carboxylic acids is 2. The first-order valence-electron chi connectivity index (χ1n) is 17.1. The minimum atomic E-state index is -1.32. The fraction of sp³-hybridized carbons (Fsp3) is 0.389. The van der Waals surface area contributed by atoms with Crippen molar-refractivity contribution in [2.75, 3.05) is 56.8 Å². The number of benzene rings is 1. The number of hydrogen-bond donors (Lipinski definition) is 2. The molecule has 4 aromatic heterocycles. The zero-order chi connectivity index (χ0) is 36.2. The lowest BCUT2D eigenvalue weighted by atomic mass is 9.57. The highest BCUT2D eigenvalue weighted by Gasteiger charge is 2.42. The number of para-hydroxylation sites is 1. The standard InChI is InChI=1S/C33H32B2N10O2.C3H9N/c1-18-12-28-39-27(40-32(47)20-10-11-20)13-29(45(28)41-18)38-25-8-5-7-23-24-14-36-44(30(24)19(2)42(3)31(23)25)22-15-43(16-22)33(34,35)26-9-4-6-21(17-46)37-26;1-4(2)3/h4-9,12-14,17,19-20,22,38H,10-11,15-16H2,1-3H3,(H,39,40,47);1-3H3. The van der Waals surface area contributed by atoms with Gasteiger partial charge in [-0.1, -0.05) is 18.2 Å². The maximum Gasteiger partial charge on any atom is 0.228 e. The SMILES string of the molecule is CN(C)C.[B]C([B])(c1cccc(C=O)n1)N1CC(n2ncc3c2C(C)N(C)c2c(Nc4cc(NC(=O)C5CC5)nc5cc(C)nn45)cccc2-3)C1. The molecule has 2 aliphatic heterocycles. The van der Waals surface area contributed by atoms with Gasteiger partial charge in [-0.2, -0.15) is 14.7 Å². The van der Waals surface area contributed by atoms with Gasteiger partial charge in [0.15, 0.2) is 11.9 Å². The molecule has 1 aromatic carbocycles. The van der Waals surface area contributed by atoms with Crippen LogP contribution in [0.3, 0.4) is 0 Å². The molecule has 13 nitrogen and oxygen atoms in total. The number of aromatic nitrogens is 6. The highest BCUT2D eigenvalue weighted by atomic mass is 16.2. The van der Waals surface area contributed by atoms with Crippen molar-refractivity contribution in [2.45, 2.75) is 44.1 Å². The number of fused-ring (bicyclic) bond motifs is 4. The molecule has 258 valence electrons. The van der Waals surface area contributed by atoms with Crippen molar-refractivity contribution in [1.82, 2.24) is 39.2 Å². The summed E-state index contributed by atoms with van der Waals surface area (Å²) in [6.45, 7) is 5.26. The van der Waals surface area contributed by atoms with E-state index in [0.717, 1.165) is 46.7 Å². The third kappa shape index (κ3) is 6.51. The van der Waals surface area contributed by atoms with Crippen LogP contribution in [0.25, 0.3) is 16.8 Å². The Morgan fingerprint density at radius 1 is 1.04 bits per heavy atom. The van der Waals surface area contributed by atoms with Gasteiger partial charge >= 0.3 is 0 Å². The van der Waals surface area contributed by atoms with Crippen molar-refractivity contribution in [3.63, 3.8) is 0 Å². The van der Waals surface area contributed by atoms with Crippen molar-refractivity contribution in [3.05, 3.63) is 77.5 Å². The monoisotopic (exact) mass is 681 g/mol. The molecule has 8 rings (SSSR count). The lowest BCUT2D eigenvalue weighted by Crippen LogP contribution is -2.60. The number of likely N-dealkylation sites (tertiary alicyclic amines) is 1. The summed E-state index contributed by atoms with van der Waals surface area (Å²) in [5.74, 6) is 1.25. The van der Waals surface area contributed by atoms with E-state index in [2.05, 4.69) is 55.3 Å². The van der Waals surface area contributed by atoms with Crippen LogP contribution in [0.4, 0.5) is 23.0 Å². The first kappa shape index (κ1) is 34.4. The Morgan fingerprint density at radius 3 is 2.47 bits per heavy atom. The van der Waals surface area contributed by atoms with E-state index in [9.17, 15) is 9.59 Å². The van der Waals surface area contributed by atoms with Crippen LogP contribution >= 0.6 is 0 Å². The summed E-state index contributed by atoms with van der Waals surface area (Å²) in [7, 11) is 21.2. The lowest BCUT2D eigenvalue weighted by molar-refractivity contribution is -0.117. The van der Waals surface area contributed by atoms with E-state index in [4.69, 9.17) is 20.8 Å². The molecule has 0 spiro atoms. The Morgan fingerprint density at radius 2 is 1.76 bits per heavy atom. The van der Waals surface area contributed by atoms with E-state index in [1.54, 1.807) is 22.7 Å². The van der Waals surface area contributed by atoms with Crippen molar-refractivity contribution in [2.24, 2.45) is 5.92 Å². The van der Waals surface area contributed by atoms with Crippen molar-refractivity contribution >= 4 is 56.5 Å². The zero-order valence-corrected chi connectivity index (χ0v) is 29.8. The Hall–Kier alpha value is -5.01. The van der Waals surface area contributed by atoms with Gasteiger partial charge in [0, 0.05) is 55.0 Å². The molecule has 1 aliphatic carbocycles. The molecule has 1 amide bonds. The average molecular weight is 681 g/mol. The van der Waals surface area contributed by atoms with Crippen molar-refractivity contribution in [1.29, 1.82) is 0 Å². The highest BCUT2D eigenvalue weighted by molar-refractivity contribution is 6.39. The van der Waals surface area contributed by atoms with Crippen molar-refractivity contribution < 1.29 is 9.59 Å². The number of rotatable bonds is 8. The van der Waals surface area contributed by atoms with Crippen LogP contribution in [0.2, 0.25) is 0 Å². The van der Waals surface area contributed by atoms with E-state index in [1.165, 1.54) is 0 Å². The fourth-order valence-corrected chi connectivity index (χ4v) is 6.67. The van der Waals surface area contributed by atoms with E-state index in [-0.39, 0.29) is 23.9 Å². The second kappa shape index (κ2) is 13.3. The maximum absolute atomic E-state index is 12.6. The fourth-order valence-electron chi connectivity index (χ4n) is 6.67. The Balaban J connectivity index is 0.000000966. The topological polar surface area (TPSA) is 129 Å². The second-order valence-corrected chi connectivity index (χ2v) is 14.1. The van der Waals surface area contributed by atoms with Gasteiger partial charge in [-0.3, -0.25) is 14.3 Å². The third-order valence-corrected chi connectivity index (χ3v) is 9.53. The molecule has 6 heterocycles. The number of pyridine rings is 1. The van der Waals surface area contributed by atoms with Crippen LogP contribution in [-0.2, 0) is 10.1 Å². The number of carbonyl (C=O) groups is 2. The smallest absolute Gasteiger partial charge is 0.228 e. The molecular formula is C36H41B2N11O2. The zero-order valence-electron chi connectivity index (χ0n) is 29.8. The summed E-state index contributed by atoms with van der Waals surface area (Å²) in [5.41, 5.74) is 7.36. The predicted octanol–water partition coefficient (Wildman–Crippen LogP) is 3.89. The molecule has 0 bridgehead atoms. The molecule has 3 aliphatic rings. The van der Waals surface area contributed by atoms with Gasteiger partial charge in [-0.05, 0) is 71.4 Å². The molecule has 2 N–H and O–H groups in total. The van der Waals surface area contributed by atoms with Crippen LogP contribution in [0.5, 0.6) is 0 Å². The molecule has 1 atom stereocenters. The Labute approximate surface area is 300 Å². The average Bonchev–Trinajstić information content (AvgIpc) is 3.73.